The van der Waals surface area contributed by atoms with E-state index in [1.54, 1.807) is 35.4 Å². The number of hydrogen-bond donors (Lipinski definition) is 1. The maximum absolute atomic E-state index is 15.7. The number of carbonyl (C=O) groups excluding carboxylic acids is 2. The van der Waals surface area contributed by atoms with Crippen molar-refractivity contribution in [3.05, 3.63) is 86.9 Å². The number of fused-ring (bicyclic) bond motifs is 3. The standard InChI is InChI=1S/C31H27F4N9O2S/c1-15(2)43-14-37-41-28(43)21-5-4-6-24(39-21)40-29(45)19-10-22-18(9-20(19)32)11-42(12-23-25(17-7-8-17)36-13-44(22)23)30(46)26-27(31(33,34)35)38-16(3)47-26/h4-6,9-10,13-15,17H,7-8,11-12H2,1-3H3,(H,39,40,45). The number of alkyl halides is 3. The predicted octanol–water partition coefficient (Wildman–Crippen LogP) is 6.32. The van der Waals surface area contributed by atoms with Gasteiger partial charge in [0.05, 0.1) is 40.5 Å². The lowest BCUT2D eigenvalue weighted by Gasteiger charge is -2.21. The van der Waals surface area contributed by atoms with Crippen LogP contribution in [0.2, 0.25) is 0 Å². The van der Waals surface area contributed by atoms with E-state index in [0.717, 1.165) is 24.6 Å². The van der Waals surface area contributed by atoms with Crippen molar-refractivity contribution in [3.63, 3.8) is 0 Å². The fourth-order valence-corrected chi connectivity index (χ4v) is 6.59. The van der Waals surface area contributed by atoms with Crippen LogP contribution in [0, 0.1) is 12.7 Å². The Morgan fingerprint density at radius 2 is 1.87 bits per heavy atom. The first kappa shape index (κ1) is 30.7. The van der Waals surface area contributed by atoms with E-state index in [0.29, 0.717) is 39.8 Å². The fraction of sp³-hybridized carbons (Fsp3) is 0.323. The number of hydrogen-bond acceptors (Lipinski definition) is 8. The monoisotopic (exact) mass is 665 g/mol. The van der Waals surface area contributed by atoms with E-state index in [-0.39, 0.29) is 41.4 Å². The molecule has 2 amide bonds. The lowest BCUT2D eigenvalue weighted by Crippen LogP contribution is -2.31. The minimum absolute atomic E-state index is 0.0611. The van der Waals surface area contributed by atoms with Gasteiger partial charge in [-0.2, -0.15) is 13.2 Å². The smallest absolute Gasteiger partial charge is 0.328 e. The highest BCUT2D eigenvalue weighted by molar-refractivity contribution is 7.13. The molecule has 5 aromatic rings. The predicted molar refractivity (Wildman–Crippen MR) is 163 cm³/mol. The van der Waals surface area contributed by atoms with Crippen LogP contribution in [0.3, 0.4) is 0 Å². The molecule has 5 heterocycles. The minimum atomic E-state index is -4.82. The number of rotatable bonds is 6. The molecule has 1 aliphatic carbocycles. The lowest BCUT2D eigenvalue weighted by atomic mass is 10.1. The summed E-state index contributed by atoms with van der Waals surface area (Å²) in [6.07, 6.45) is 0.0687. The van der Waals surface area contributed by atoms with Crippen LogP contribution in [-0.2, 0) is 19.3 Å². The van der Waals surface area contributed by atoms with Crippen molar-refractivity contribution in [2.75, 3.05) is 5.32 Å². The molecule has 1 aliphatic heterocycles. The molecule has 0 unspecified atom stereocenters. The van der Waals surface area contributed by atoms with Crippen molar-refractivity contribution in [1.82, 2.24) is 39.2 Å². The summed E-state index contributed by atoms with van der Waals surface area (Å²) in [5.41, 5.74) is 0.936. The highest BCUT2D eigenvalue weighted by Crippen LogP contribution is 2.43. The Hall–Kier alpha value is -4.99. The number of carbonyl (C=O) groups is 2. The first-order valence-electron chi connectivity index (χ1n) is 14.8. The SMILES string of the molecule is Cc1nc(C(F)(F)F)c(C(=O)N2Cc3cc(F)c(C(=O)Nc4cccc(-c5nncn5C(C)C)n4)cc3-n3cnc(C4CC4)c3C2)s1. The van der Waals surface area contributed by atoms with Gasteiger partial charge < -0.3 is 19.4 Å². The van der Waals surface area contributed by atoms with E-state index in [9.17, 15) is 22.8 Å². The molecule has 0 atom stereocenters. The molecule has 0 bridgehead atoms. The highest BCUT2D eigenvalue weighted by atomic mass is 32.1. The Kier molecular flexibility index (Phi) is 7.41. The van der Waals surface area contributed by atoms with E-state index in [1.165, 1.54) is 17.9 Å². The summed E-state index contributed by atoms with van der Waals surface area (Å²) >= 11 is 0.663. The normalized spacial score (nSPS) is 14.6. The second-order valence-corrected chi connectivity index (χ2v) is 13.0. The number of imidazole rings is 1. The van der Waals surface area contributed by atoms with Crippen molar-refractivity contribution in [2.45, 2.75) is 64.8 Å². The molecular weight excluding hydrogens is 638 g/mol. The quantitative estimate of drug-likeness (QED) is 0.211. The molecule has 0 saturated heterocycles. The number of thiazole rings is 1. The van der Waals surface area contributed by atoms with Gasteiger partial charge in [-0.25, -0.2) is 19.3 Å². The Morgan fingerprint density at radius 1 is 1.09 bits per heavy atom. The van der Waals surface area contributed by atoms with Crippen LogP contribution in [0.15, 0.2) is 43.0 Å². The summed E-state index contributed by atoms with van der Waals surface area (Å²) in [6.45, 7) is 5.07. The zero-order chi connectivity index (χ0) is 33.2. The third-order valence-corrected chi connectivity index (χ3v) is 9.03. The number of aryl methyl sites for hydroxylation is 1. The van der Waals surface area contributed by atoms with Gasteiger partial charge in [0.2, 0.25) is 0 Å². The van der Waals surface area contributed by atoms with Crippen LogP contribution in [0.4, 0.5) is 23.4 Å². The second-order valence-electron chi connectivity index (χ2n) is 11.8. The summed E-state index contributed by atoms with van der Waals surface area (Å²) in [5, 5.41) is 10.8. The Labute approximate surface area is 269 Å². The van der Waals surface area contributed by atoms with Crippen molar-refractivity contribution >= 4 is 29.0 Å². The summed E-state index contributed by atoms with van der Waals surface area (Å²) in [7, 11) is 0. The molecule has 242 valence electrons. The molecule has 4 aromatic heterocycles. The summed E-state index contributed by atoms with van der Waals surface area (Å²) < 4.78 is 60.7. The third kappa shape index (κ3) is 5.66. The fourth-order valence-electron chi connectivity index (χ4n) is 5.69. The average molecular weight is 666 g/mol. The molecule has 1 aromatic carbocycles. The van der Waals surface area contributed by atoms with E-state index >= 15 is 4.39 Å². The number of benzene rings is 1. The molecule has 47 heavy (non-hydrogen) atoms. The van der Waals surface area contributed by atoms with Crippen LogP contribution in [0.5, 0.6) is 0 Å². The van der Waals surface area contributed by atoms with Crippen molar-refractivity contribution in [2.24, 2.45) is 0 Å². The zero-order valence-electron chi connectivity index (χ0n) is 25.3. The zero-order valence-corrected chi connectivity index (χ0v) is 26.2. The van der Waals surface area contributed by atoms with E-state index in [2.05, 4.69) is 30.5 Å². The van der Waals surface area contributed by atoms with Gasteiger partial charge >= 0.3 is 6.18 Å². The third-order valence-electron chi connectivity index (χ3n) is 8.07. The first-order valence-corrected chi connectivity index (χ1v) is 15.6. The average Bonchev–Trinajstić information content (AvgIpc) is 3.42. The molecule has 16 heteroatoms. The lowest BCUT2D eigenvalue weighted by molar-refractivity contribution is -0.141. The van der Waals surface area contributed by atoms with Gasteiger partial charge in [-0.05, 0) is 63.4 Å². The van der Waals surface area contributed by atoms with Crippen molar-refractivity contribution in [3.8, 4) is 17.2 Å². The van der Waals surface area contributed by atoms with Crippen LogP contribution >= 0.6 is 11.3 Å². The summed E-state index contributed by atoms with van der Waals surface area (Å²) in [4.78, 5) is 40.5. The van der Waals surface area contributed by atoms with Crippen LogP contribution in [-0.4, -0.2) is 51.0 Å². The topological polar surface area (TPSA) is 124 Å². The molecule has 7 rings (SSSR count). The molecule has 1 saturated carbocycles. The van der Waals surface area contributed by atoms with E-state index in [1.807, 2.05) is 18.4 Å². The second kappa shape index (κ2) is 11.4. The van der Waals surface area contributed by atoms with Gasteiger partial charge in [0.25, 0.3) is 11.8 Å². The molecule has 0 radical (unpaired) electrons. The minimum Gasteiger partial charge on any atom is -0.328 e. The number of aromatic nitrogens is 7. The Balaban J connectivity index is 1.24. The summed E-state index contributed by atoms with van der Waals surface area (Å²) in [5.74, 6) is -1.70. The van der Waals surface area contributed by atoms with Gasteiger partial charge in [-0.1, -0.05) is 6.07 Å². The maximum Gasteiger partial charge on any atom is 0.435 e. The van der Waals surface area contributed by atoms with Gasteiger partial charge in [-0.3, -0.25) is 9.59 Å². The van der Waals surface area contributed by atoms with E-state index < -0.39 is 34.4 Å². The van der Waals surface area contributed by atoms with Crippen molar-refractivity contribution < 1.29 is 27.2 Å². The van der Waals surface area contributed by atoms with Gasteiger partial charge in [0.15, 0.2) is 11.5 Å². The highest BCUT2D eigenvalue weighted by Gasteiger charge is 2.41. The molecular formula is C31H27F4N9O2S. The van der Waals surface area contributed by atoms with E-state index in [4.69, 9.17) is 0 Å². The number of halogens is 4. The van der Waals surface area contributed by atoms with Crippen LogP contribution < -0.4 is 5.32 Å². The number of pyridine rings is 1. The van der Waals surface area contributed by atoms with Gasteiger partial charge in [0.1, 0.15) is 28.5 Å². The largest absolute Gasteiger partial charge is 0.435 e. The maximum atomic E-state index is 15.7. The van der Waals surface area contributed by atoms with Crippen molar-refractivity contribution in [1.29, 1.82) is 0 Å². The molecule has 11 nitrogen and oxygen atoms in total. The number of amides is 2. The number of anilines is 1. The van der Waals surface area contributed by atoms with Gasteiger partial charge in [0, 0.05) is 18.5 Å². The Morgan fingerprint density at radius 3 is 2.60 bits per heavy atom. The molecule has 0 spiro atoms. The number of nitrogens with one attached hydrogen (secondary N) is 1. The first-order chi connectivity index (χ1) is 22.4. The van der Waals surface area contributed by atoms with Crippen LogP contribution in [0.1, 0.15) is 86.3 Å². The summed E-state index contributed by atoms with van der Waals surface area (Å²) in [6, 6.07) is 7.53. The Bertz CT molecular complexity index is 2040. The number of nitrogens with zero attached hydrogens (tertiary/aromatic N) is 8. The molecule has 2 aliphatic rings. The molecule has 1 fully saturated rings. The molecule has 1 N–H and O–H groups in total. The van der Waals surface area contributed by atoms with Gasteiger partial charge in [-0.15, -0.1) is 21.5 Å². The van der Waals surface area contributed by atoms with Crippen LogP contribution in [0.25, 0.3) is 17.2 Å².